The Hall–Kier alpha value is -1.89. The van der Waals surface area contributed by atoms with Crippen LogP contribution in [0.25, 0.3) is 0 Å². The molecule has 1 unspecified atom stereocenters. The Bertz CT molecular complexity index is 932. The van der Waals surface area contributed by atoms with Crippen molar-refractivity contribution in [1.82, 2.24) is 24.9 Å². The molecule has 2 saturated heterocycles. The number of aryl methyl sites for hydroxylation is 1. The topological polar surface area (TPSA) is 70.5 Å². The Kier molecular flexibility index (Phi) is 8.18. The molecular weight excluding hydrogens is 450 g/mol. The van der Waals surface area contributed by atoms with E-state index in [0.717, 1.165) is 44.6 Å². The van der Waals surface area contributed by atoms with Crippen molar-refractivity contribution in [2.75, 3.05) is 19.6 Å². The summed E-state index contributed by atoms with van der Waals surface area (Å²) >= 11 is 0. The molecule has 1 N–H and O–H groups in total. The van der Waals surface area contributed by atoms with Crippen molar-refractivity contribution in [3.63, 3.8) is 0 Å². The van der Waals surface area contributed by atoms with Crippen molar-refractivity contribution in [2.45, 2.75) is 129 Å². The van der Waals surface area contributed by atoms with Gasteiger partial charge in [0.1, 0.15) is 11.6 Å². The lowest BCUT2D eigenvalue weighted by atomic mass is 9.79. The number of rotatable bonds is 7. The summed E-state index contributed by atoms with van der Waals surface area (Å²) in [4.78, 5) is 31.9. The molecule has 0 aromatic carbocycles. The predicted octanol–water partition coefficient (Wildman–Crippen LogP) is 4.69. The quantitative estimate of drug-likeness (QED) is 0.591. The van der Waals surface area contributed by atoms with Crippen LogP contribution in [0.5, 0.6) is 0 Å². The van der Waals surface area contributed by atoms with Crippen molar-refractivity contribution < 1.29 is 9.59 Å². The molecule has 1 atom stereocenters. The van der Waals surface area contributed by atoms with Crippen LogP contribution < -0.4 is 5.32 Å². The Labute approximate surface area is 218 Å². The highest BCUT2D eigenvalue weighted by Crippen LogP contribution is 2.36. The molecule has 0 bridgehead atoms. The van der Waals surface area contributed by atoms with E-state index in [1.807, 2.05) is 4.90 Å². The van der Waals surface area contributed by atoms with Gasteiger partial charge in [0.05, 0.1) is 11.2 Å². The first-order valence-corrected chi connectivity index (χ1v) is 14.5. The highest BCUT2D eigenvalue weighted by molar-refractivity contribution is 6.00. The van der Waals surface area contributed by atoms with Gasteiger partial charge in [-0.3, -0.25) is 19.2 Å². The molecule has 7 heteroatoms. The van der Waals surface area contributed by atoms with E-state index in [-0.39, 0.29) is 23.4 Å². The number of hydrogen-bond acceptors (Lipinski definition) is 4. The van der Waals surface area contributed by atoms with Crippen LogP contribution in [0.1, 0.15) is 109 Å². The minimum atomic E-state index is -0.689. The van der Waals surface area contributed by atoms with Crippen molar-refractivity contribution in [1.29, 1.82) is 0 Å². The largest absolute Gasteiger partial charge is 0.342 e. The van der Waals surface area contributed by atoms with Crippen molar-refractivity contribution in [2.24, 2.45) is 5.92 Å². The number of nitrogens with one attached hydrogen (secondary N) is 1. The molecule has 1 aromatic heterocycles. The van der Waals surface area contributed by atoms with Crippen LogP contribution in [0, 0.1) is 19.8 Å². The summed E-state index contributed by atoms with van der Waals surface area (Å²) in [6.45, 7) is 16.2. The number of unbranched alkanes of at least 4 members (excludes halogenated alkanes) is 1. The molecular formula is C29H49N5O2. The second-order valence-electron chi connectivity index (χ2n) is 12.6. The second-order valence-corrected chi connectivity index (χ2v) is 12.6. The molecule has 36 heavy (non-hydrogen) atoms. The molecule has 3 heterocycles. The fourth-order valence-electron chi connectivity index (χ4n) is 6.79. The average Bonchev–Trinajstić information content (AvgIpc) is 3.13. The Morgan fingerprint density at radius 2 is 1.72 bits per heavy atom. The fraction of sp³-hybridized carbons (Fsp3) is 0.828. The standard InChI is InChI=1S/C29H49N5O2/c1-7-8-16-33-26(35)25(19-23-12-10-9-11-13-23)30-27(36)29(33)14-17-32(18-15-29)20-24-21(2)31-34(22(24)3)28(4,5)6/h23,25H,7-20H2,1-6H3,(H,30,36). The molecule has 1 aromatic rings. The molecule has 1 spiro atoms. The Balaban J connectivity index is 1.46. The summed E-state index contributed by atoms with van der Waals surface area (Å²) in [6, 6.07) is -0.338. The number of amides is 2. The van der Waals surface area contributed by atoms with Crippen LogP contribution in [-0.4, -0.2) is 62.6 Å². The summed E-state index contributed by atoms with van der Waals surface area (Å²) in [6.07, 6.45) is 10.4. The number of carbonyl (C=O) groups is 2. The molecule has 2 amide bonds. The SMILES string of the molecule is CCCCN1C(=O)C(CC2CCCCC2)NC(=O)C12CCN(Cc1c(C)nn(C(C)(C)C)c1C)CC2. The van der Waals surface area contributed by atoms with Crippen molar-refractivity contribution >= 4 is 11.8 Å². The van der Waals surface area contributed by atoms with E-state index in [2.05, 4.69) is 56.4 Å². The minimum Gasteiger partial charge on any atom is -0.342 e. The van der Waals surface area contributed by atoms with Crippen LogP contribution in [0.2, 0.25) is 0 Å². The minimum absolute atomic E-state index is 0.0481. The highest BCUT2D eigenvalue weighted by Gasteiger charge is 2.53. The number of hydrogen-bond donors (Lipinski definition) is 1. The first-order chi connectivity index (χ1) is 17.1. The van der Waals surface area contributed by atoms with Gasteiger partial charge in [-0.2, -0.15) is 5.10 Å². The zero-order chi connectivity index (χ0) is 26.1. The summed E-state index contributed by atoms with van der Waals surface area (Å²) in [5, 5.41) is 8.05. The van der Waals surface area contributed by atoms with Crippen LogP contribution in [0.15, 0.2) is 0 Å². The van der Waals surface area contributed by atoms with E-state index in [4.69, 9.17) is 5.10 Å². The van der Waals surface area contributed by atoms with Crippen LogP contribution in [-0.2, 0) is 21.7 Å². The average molecular weight is 500 g/mol. The Morgan fingerprint density at radius 1 is 1.06 bits per heavy atom. The molecule has 1 aliphatic carbocycles. The first kappa shape index (κ1) is 27.2. The van der Waals surface area contributed by atoms with Gasteiger partial charge in [-0.05, 0) is 66.2 Å². The number of likely N-dealkylation sites (tertiary alicyclic amines) is 1. The lowest BCUT2D eigenvalue weighted by Gasteiger charge is -2.52. The fourth-order valence-corrected chi connectivity index (χ4v) is 6.79. The van der Waals surface area contributed by atoms with Gasteiger partial charge in [0.25, 0.3) is 0 Å². The maximum absolute atomic E-state index is 13.8. The zero-order valence-corrected chi connectivity index (χ0v) is 23.7. The third-order valence-electron chi connectivity index (χ3n) is 8.98. The number of piperidine rings is 1. The number of nitrogens with zero attached hydrogens (tertiary/aromatic N) is 4. The number of piperazine rings is 1. The van der Waals surface area contributed by atoms with E-state index in [9.17, 15) is 9.59 Å². The zero-order valence-electron chi connectivity index (χ0n) is 23.7. The van der Waals surface area contributed by atoms with E-state index in [0.29, 0.717) is 25.3 Å². The number of aromatic nitrogens is 2. The number of carbonyl (C=O) groups excluding carboxylic acids is 2. The van der Waals surface area contributed by atoms with Gasteiger partial charge in [-0.15, -0.1) is 0 Å². The van der Waals surface area contributed by atoms with Crippen LogP contribution in [0.4, 0.5) is 0 Å². The summed E-state index contributed by atoms with van der Waals surface area (Å²) in [5.74, 6) is 0.823. The first-order valence-electron chi connectivity index (χ1n) is 14.5. The maximum Gasteiger partial charge on any atom is 0.246 e. The summed E-state index contributed by atoms with van der Waals surface area (Å²) < 4.78 is 2.13. The van der Waals surface area contributed by atoms with Crippen LogP contribution in [0.3, 0.4) is 0 Å². The lowest BCUT2D eigenvalue weighted by molar-refractivity contribution is -0.162. The van der Waals surface area contributed by atoms with E-state index >= 15 is 0 Å². The van der Waals surface area contributed by atoms with Crippen LogP contribution >= 0.6 is 0 Å². The third-order valence-corrected chi connectivity index (χ3v) is 8.98. The van der Waals surface area contributed by atoms with Gasteiger partial charge < -0.3 is 10.2 Å². The van der Waals surface area contributed by atoms with Crippen molar-refractivity contribution in [3.8, 4) is 0 Å². The summed E-state index contributed by atoms with van der Waals surface area (Å²) in [5.41, 5.74) is 2.86. The van der Waals surface area contributed by atoms with Gasteiger partial charge in [-0.25, -0.2) is 0 Å². The molecule has 1 saturated carbocycles. The second kappa shape index (κ2) is 10.8. The normalized spacial score (nSPS) is 23.9. The third kappa shape index (κ3) is 5.36. The van der Waals surface area contributed by atoms with Gasteiger partial charge >= 0.3 is 0 Å². The van der Waals surface area contributed by atoms with Gasteiger partial charge in [0.15, 0.2) is 0 Å². The van der Waals surface area contributed by atoms with E-state index in [1.54, 1.807) is 0 Å². The molecule has 4 rings (SSSR count). The smallest absolute Gasteiger partial charge is 0.246 e. The Morgan fingerprint density at radius 3 is 2.31 bits per heavy atom. The lowest BCUT2D eigenvalue weighted by Crippen LogP contribution is -2.73. The molecule has 0 radical (unpaired) electrons. The van der Waals surface area contributed by atoms with Crippen molar-refractivity contribution in [3.05, 3.63) is 17.0 Å². The molecule has 2 aliphatic heterocycles. The maximum atomic E-state index is 13.8. The van der Waals surface area contributed by atoms with Gasteiger partial charge in [0, 0.05) is 37.4 Å². The predicted molar refractivity (Wildman–Crippen MR) is 144 cm³/mol. The molecule has 7 nitrogen and oxygen atoms in total. The molecule has 202 valence electrons. The monoisotopic (exact) mass is 499 g/mol. The summed E-state index contributed by atoms with van der Waals surface area (Å²) in [7, 11) is 0. The molecule has 3 aliphatic rings. The van der Waals surface area contributed by atoms with E-state index in [1.165, 1.54) is 43.4 Å². The highest BCUT2D eigenvalue weighted by atomic mass is 16.2. The van der Waals surface area contributed by atoms with Gasteiger partial charge in [0.2, 0.25) is 11.8 Å². The van der Waals surface area contributed by atoms with Gasteiger partial charge in [-0.1, -0.05) is 45.4 Å². The molecule has 3 fully saturated rings. The van der Waals surface area contributed by atoms with E-state index < -0.39 is 5.54 Å².